The lowest BCUT2D eigenvalue weighted by Crippen LogP contribution is -2.31. The van der Waals surface area contributed by atoms with Gasteiger partial charge in [0, 0.05) is 30.9 Å². The number of carbonyl (C=O) groups excluding carboxylic acids is 1. The van der Waals surface area contributed by atoms with Crippen LogP contribution in [-0.4, -0.2) is 12.5 Å². The van der Waals surface area contributed by atoms with Crippen molar-refractivity contribution in [2.24, 2.45) is 5.41 Å². The van der Waals surface area contributed by atoms with E-state index < -0.39 is 0 Å². The Morgan fingerprint density at radius 2 is 1.96 bits per heavy atom. The fourth-order valence-electron chi connectivity index (χ4n) is 4.25. The number of amides is 1. The zero-order chi connectivity index (χ0) is 19.9. The predicted octanol–water partition coefficient (Wildman–Crippen LogP) is 4.87. The van der Waals surface area contributed by atoms with Crippen LogP contribution in [0.4, 0.5) is 11.4 Å². The monoisotopic (exact) mass is 373 g/mol. The first-order valence-corrected chi connectivity index (χ1v) is 10.1. The number of anilines is 2. The zero-order valence-electron chi connectivity index (χ0n) is 16.9. The fourth-order valence-corrected chi connectivity index (χ4v) is 4.25. The zero-order valence-corrected chi connectivity index (χ0v) is 16.9. The van der Waals surface area contributed by atoms with E-state index in [1.807, 2.05) is 24.3 Å². The molecule has 2 aliphatic rings. The van der Waals surface area contributed by atoms with Gasteiger partial charge in [0.2, 0.25) is 5.91 Å². The molecule has 0 aromatic heterocycles. The predicted molar refractivity (Wildman–Crippen MR) is 112 cm³/mol. The number of hydrogen-bond acceptors (Lipinski definition) is 3. The first-order valence-electron chi connectivity index (χ1n) is 10.1. The van der Waals surface area contributed by atoms with Gasteiger partial charge in [0.15, 0.2) is 0 Å². The van der Waals surface area contributed by atoms with E-state index in [0.29, 0.717) is 12.0 Å². The minimum atomic E-state index is 0.140. The highest BCUT2D eigenvalue weighted by atomic mass is 16.1. The molecule has 4 rings (SSSR count). The van der Waals surface area contributed by atoms with Crippen LogP contribution < -0.4 is 10.2 Å². The van der Waals surface area contributed by atoms with Crippen molar-refractivity contribution in [3.63, 3.8) is 0 Å². The number of nitrogens with one attached hydrogen (secondary N) is 1. The molecule has 1 fully saturated rings. The molecule has 2 aromatic carbocycles. The fraction of sp³-hybridized carbons (Fsp3) is 0.417. The number of hydrogen-bond donors (Lipinski definition) is 1. The minimum Gasteiger partial charge on any atom is -0.367 e. The van der Waals surface area contributed by atoms with Crippen LogP contribution in [0.5, 0.6) is 0 Å². The Balaban J connectivity index is 1.54. The number of aryl methyl sites for hydroxylation is 1. The quantitative estimate of drug-likeness (QED) is 0.832. The van der Waals surface area contributed by atoms with Gasteiger partial charge in [-0.05, 0) is 85.0 Å². The number of fused-ring (bicyclic) bond motifs is 1. The van der Waals surface area contributed by atoms with Crippen molar-refractivity contribution in [2.75, 3.05) is 16.8 Å². The Kier molecular flexibility index (Phi) is 4.63. The van der Waals surface area contributed by atoms with Gasteiger partial charge < -0.3 is 10.2 Å². The van der Waals surface area contributed by atoms with Crippen LogP contribution in [0, 0.1) is 30.6 Å². The van der Waals surface area contributed by atoms with Gasteiger partial charge in [-0.3, -0.25) is 4.79 Å². The maximum Gasteiger partial charge on any atom is 0.224 e. The molecule has 1 amide bonds. The van der Waals surface area contributed by atoms with Crippen LogP contribution in [0.2, 0.25) is 0 Å². The Morgan fingerprint density at radius 1 is 1.25 bits per heavy atom. The van der Waals surface area contributed by atoms with Gasteiger partial charge in [0.05, 0.1) is 11.6 Å². The summed E-state index contributed by atoms with van der Waals surface area (Å²) >= 11 is 0. The summed E-state index contributed by atoms with van der Waals surface area (Å²) in [4.78, 5) is 14.8. The van der Waals surface area contributed by atoms with Crippen LogP contribution in [-0.2, 0) is 17.8 Å². The Labute approximate surface area is 167 Å². The molecule has 0 atom stereocenters. The standard InChI is InChI=1S/C24H27N3O/c1-16-12-19-15-27(20-6-4-18(14-25)5-7-20)11-8-21(19)17(2)23(16)26-22(28)13-24(3)9-10-24/h4-7,12H,8-11,13,15H2,1-3H3,(H,26,28). The summed E-state index contributed by atoms with van der Waals surface area (Å²) in [5, 5.41) is 12.2. The third kappa shape index (κ3) is 3.62. The van der Waals surface area contributed by atoms with Crippen molar-refractivity contribution in [1.29, 1.82) is 5.26 Å². The first-order chi connectivity index (χ1) is 13.4. The first kappa shape index (κ1) is 18.6. The lowest BCUT2D eigenvalue weighted by Gasteiger charge is -2.33. The van der Waals surface area contributed by atoms with Crippen molar-refractivity contribution >= 4 is 17.3 Å². The SMILES string of the molecule is Cc1cc2c(c(C)c1NC(=O)CC1(C)CC1)CCN(c1ccc(C#N)cc1)C2. The maximum atomic E-state index is 12.5. The number of carbonyl (C=O) groups is 1. The van der Waals surface area contributed by atoms with Gasteiger partial charge in [-0.15, -0.1) is 0 Å². The van der Waals surface area contributed by atoms with Crippen molar-refractivity contribution in [2.45, 2.75) is 53.0 Å². The lowest BCUT2D eigenvalue weighted by atomic mass is 9.91. The summed E-state index contributed by atoms with van der Waals surface area (Å²) in [6.07, 6.45) is 3.90. The van der Waals surface area contributed by atoms with E-state index in [1.54, 1.807) is 0 Å². The van der Waals surface area contributed by atoms with Gasteiger partial charge >= 0.3 is 0 Å². The second-order valence-corrected chi connectivity index (χ2v) is 8.70. The molecule has 1 aliphatic carbocycles. The Bertz CT molecular complexity index is 965. The van der Waals surface area contributed by atoms with Crippen molar-refractivity contribution in [1.82, 2.24) is 0 Å². The second kappa shape index (κ2) is 6.98. The molecule has 0 spiro atoms. The number of nitriles is 1. The molecule has 1 N–H and O–H groups in total. The van der Waals surface area contributed by atoms with Crippen LogP contribution >= 0.6 is 0 Å². The summed E-state index contributed by atoms with van der Waals surface area (Å²) in [7, 11) is 0. The molecule has 2 aromatic rings. The molecule has 1 saturated carbocycles. The normalized spacial score (nSPS) is 16.9. The minimum absolute atomic E-state index is 0.140. The van der Waals surface area contributed by atoms with E-state index >= 15 is 0 Å². The van der Waals surface area contributed by atoms with Crippen molar-refractivity contribution in [3.05, 3.63) is 58.1 Å². The smallest absolute Gasteiger partial charge is 0.224 e. The van der Waals surface area contributed by atoms with E-state index in [-0.39, 0.29) is 11.3 Å². The number of nitrogens with zero attached hydrogens (tertiary/aromatic N) is 2. The van der Waals surface area contributed by atoms with E-state index in [4.69, 9.17) is 5.26 Å². The third-order valence-electron chi connectivity index (χ3n) is 6.31. The molecule has 4 nitrogen and oxygen atoms in total. The van der Waals surface area contributed by atoms with Crippen LogP contribution in [0.25, 0.3) is 0 Å². The summed E-state index contributed by atoms with van der Waals surface area (Å²) in [6, 6.07) is 12.2. The van der Waals surface area contributed by atoms with Gasteiger partial charge in [0.1, 0.15) is 0 Å². The molecule has 28 heavy (non-hydrogen) atoms. The summed E-state index contributed by atoms with van der Waals surface area (Å²) < 4.78 is 0. The number of rotatable bonds is 4. The number of benzene rings is 2. The molecule has 0 saturated heterocycles. The highest BCUT2D eigenvalue weighted by molar-refractivity contribution is 5.93. The largest absolute Gasteiger partial charge is 0.367 e. The summed E-state index contributed by atoms with van der Waals surface area (Å²) in [5.74, 6) is 0.140. The lowest BCUT2D eigenvalue weighted by molar-refractivity contribution is -0.117. The van der Waals surface area contributed by atoms with Gasteiger partial charge in [0.25, 0.3) is 0 Å². The van der Waals surface area contributed by atoms with E-state index in [2.05, 4.69) is 43.1 Å². The molecule has 1 heterocycles. The Hall–Kier alpha value is -2.80. The highest BCUT2D eigenvalue weighted by Gasteiger charge is 2.39. The van der Waals surface area contributed by atoms with Gasteiger partial charge in [-0.2, -0.15) is 5.26 Å². The van der Waals surface area contributed by atoms with Gasteiger partial charge in [-0.1, -0.05) is 13.0 Å². The second-order valence-electron chi connectivity index (χ2n) is 8.70. The molecule has 0 bridgehead atoms. The van der Waals surface area contributed by atoms with E-state index in [1.165, 1.54) is 16.7 Å². The topological polar surface area (TPSA) is 56.1 Å². The summed E-state index contributed by atoms with van der Waals surface area (Å²) in [6.45, 7) is 8.21. The molecule has 0 unspecified atom stereocenters. The molecular weight excluding hydrogens is 346 g/mol. The molecule has 1 aliphatic heterocycles. The van der Waals surface area contributed by atoms with Crippen molar-refractivity contribution in [3.8, 4) is 6.07 Å². The molecule has 144 valence electrons. The third-order valence-corrected chi connectivity index (χ3v) is 6.31. The molecular formula is C24H27N3O. The average molecular weight is 374 g/mol. The van der Waals surface area contributed by atoms with Gasteiger partial charge in [-0.25, -0.2) is 0 Å². The van der Waals surface area contributed by atoms with Crippen LogP contribution in [0.15, 0.2) is 30.3 Å². The molecule has 4 heteroatoms. The Morgan fingerprint density at radius 3 is 2.61 bits per heavy atom. The average Bonchev–Trinajstić information content (AvgIpc) is 3.41. The van der Waals surface area contributed by atoms with Crippen LogP contribution in [0.1, 0.15) is 54.0 Å². The highest BCUT2D eigenvalue weighted by Crippen LogP contribution is 2.48. The van der Waals surface area contributed by atoms with E-state index in [0.717, 1.165) is 49.3 Å². The van der Waals surface area contributed by atoms with Crippen LogP contribution in [0.3, 0.4) is 0 Å². The van der Waals surface area contributed by atoms with E-state index in [9.17, 15) is 4.79 Å². The maximum absolute atomic E-state index is 12.5. The molecule has 0 radical (unpaired) electrons. The van der Waals surface area contributed by atoms with Crippen molar-refractivity contribution < 1.29 is 4.79 Å². The summed E-state index contributed by atoms with van der Waals surface area (Å²) in [5.41, 5.74) is 8.10.